The van der Waals surface area contributed by atoms with Gasteiger partial charge >= 0.3 is 27.5 Å². The number of rotatable bonds is 4. The number of alkyl halides is 5. The van der Waals surface area contributed by atoms with Crippen molar-refractivity contribution in [1.82, 2.24) is 4.98 Å². The highest BCUT2D eigenvalue weighted by Crippen LogP contribution is 2.38. The maximum atomic E-state index is 13.1. The van der Waals surface area contributed by atoms with Crippen LogP contribution >= 0.6 is 0 Å². The van der Waals surface area contributed by atoms with Crippen molar-refractivity contribution in [1.29, 1.82) is 0 Å². The highest BCUT2D eigenvalue weighted by atomic mass is 32.2. The molecule has 1 aromatic rings. The number of ether oxygens (including phenoxy) is 1. The molecule has 0 aliphatic heterocycles. The van der Waals surface area contributed by atoms with E-state index in [2.05, 4.69) is 9.72 Å². The van der Waals surface area contributed by atoms with E-state index in [0.29, 0.717) is 0 Å². The third kappa shape index (κ3) is 3.25. The fraction of sp³-hybridized carbons (Fsp3) is 0.375. The molecule has 1 heterocycles. The molecule has 20 heavy (non-hydrogen) atoms. The lowest BCUT2D eigenvalue weighted by Gasteiger charge is -2.25. The van der Waals surface area contributed by atoms with Crippen LogP contribution in [0.3, 0.4) is 0 Å². The molecule has 1 aromatic heterocycles. The summed E-state index contributed by atoms with van der Waals surface area (Å²) in [6, 6.07) is 0.918. The smallest absolute Gasteiger partial charge is 0.432 e. The minimum Gasteiger partial charge on any atom is -0.441 e. The van der Waals surface area contributed by atoms with Gasteiger partial charge in [0.2, 0.25) is 0 Å². The van der Waals surface area contributed by atoms with Gasteiger partial charge in [-0.05, 0) is 6.07 Å². The molecule has 1 atom stereocenters. The molecule has 0 amide bonds. The number of nitrogens with one attached hydrogen (secondary N) is 1. The van der Waals surface area contributed by atoms with Gasteiger partial charge in [0.1, 0.15) is 0 Å². The molecule has 0 aliphatic rings. The van der Waals surface area contributed by atoms with Crippen molar-refractivity contribution in [2.24, 2.45) is 0 Å². The van der Waals surface area contributed by atoms with E-state index in [4.69, 9.17) is 4.55 Å². The van der Waals surface area contributed by atoms with Gasteiger partial charge in [-0.15, -0.1) is 0 Å². The fourth-order valence-electron chi connectivity index (χ4n) is 1.09. The Kier molecular flexibility index (Phi) is 4.10. The van der Waals surface area contributed by atoms with E-state index in [1.807, 2.05) is 0 Å². The summed E-state index contributed by atoms with van der Waals surface area (Å²) >= 11 is 0. The minimum absolute atomic E-state index is 0.537. The van der Waals surface area contributed by atoms with Crippen molar-refractivity contribution >= 4 is 16.1 Å². The van der Waals surface area contributed by atoms with Gasteiger partial charge in [0, 0.05) is 12.4 Å². The van der Waals surface area contributed by atoms with Crippen molar-refractivity contribution in [3.05, 3.63) is 24.0 Å². The van der Waals surface area contributed by atoms with Crippen LogP contribution in [0.5, 0.6) is 0 Å². The zero-order chi connectivity index (χ0) is 15.8. The van der Waals surface area contributed by atoms with Crippen LogP contribution in [0.15, 0.2) is 18.5 Å². The summed E-state index contributed by atoms with van der Waals surface area (Å²) in [5.41, 5.74) is -0.537. The van der Waals surface area contributed by atoms with Crippen LogP contribution in [-0.4, -0.2) is 41.5 Å². The summed E-state index contributed by atoms with van der Waals surface area (Å²) < 4.78 is 95.6. The number of H-pyrrole nitrogens is 1. The first kappa shape index (κ1) is 16.4. The SMILES string of the molecule is O=C(OC(C(F)(F)F)C(F)(F)S(=O)(=O)O)c1cc[nH]c1. The van der Waals surface area contributed by atoms with Crippen molar-refractivity contribution in [2.45, 2.75) is 17.5 Å². The quantitative estimate of drug-likeness (QED) is 0.498. The van der Waals surface area contributed by atoms with Gasteiger partial charge in [-0.2, -0.15) is 30.4 Å². The van der Waals surface area contributed by atoms with E-state index in [0.717, 1.165) is 18.5 Å². The highest BCUT2D eigenvalue weighted by Gasteiger charge is 2.66. The van der Waals surface area contributed by atoms with Gasteiger partial charge in [-0.3, -0.25) is 4.55 Å². The predicted molar refractivity (Wildman–Crippen MR) is 52.5 cm³/mol. The minimum atomic E-state index is -6.44. The molecule has 114 valence electrons. The van der Waals surface area contributed by atoms with Crippen molar-refractivity contribution in [3.63, 3.8) is 0 Å². The number of aromatic amines is 1. The van der Waals surface area contributed by atoms with Crippen LogP contribution in [0.4, 0.5) is 22.0 Å². The van der Waals surface area contributed by atoms with Crippen LogP contribution in [-0.2, 0) is 14.9 Å². The summed E-state index contributed by atoms with van der Waals surface area (Å²) in [5, 5.41) is -5.74. The Morgan fingerprint density at radius 1 is 1.30 bits per heavy atom. The number of halogens is 5. The van der Waals surface area contributed by atoms with Crippen molar-refractivity contribution in [3.8, 4) is 0 Å². The fourth-order valence-corrected chi connectivity index (χ4v) is 1.54. The Morgan fingerprint density at radius 2 is 1.85 bits per heavy atom. The summed E-state index contributed by atoms with van der Waals surface area (Å²) in [6.07, 6.45) is -8.31. The summed E-state index contributed by atoms with van der Waals surface area (Å²) in [4.78, 5) is 13.4. The molecule has 12 heteroatoms. The third-order valence-corrected chi connectivity index (χ3v) is 2.91. The van der Waals surface area contributed by atoms with Gasteiger partial charge < -0.3 is 9.72 Å². The molecule has 0 aromatic carbocycles. The molecule has 0 spiro atoms. The Morgan fingerprint density at radius 3 is 2.20 bits per heavy atom. The van der Waals surface area contributed by atoms with Crippen LogP contribution in [0.1, 0.15) is 10.4 Å². The number of esters is 1. The summed E-state index contributed by atoms with van der Waals surface area (Å²) in [6.45, 7) is 0. The van der Waals surface area contributed by atoms with Crippen LogP contribution in [0.25, 0.3) is 0 Å². The van der Waals surface area contributed by atoms with E-state index in [1.54, 1.807) is 0 Å². The van der Waals surface area contributed by atoms with Crippen LogP contribution in [0.2, 0.25) is 0 Å². The van der Waals surface area contributed by atoms with Gasteiger partial charge in [0.25, 0.3) is 6.10 Å². The molecule has 0 aliphatic carbocycles. The molecule has 0 saturated carbocycles. The zero-order valence-corrected chi connectivity index (χ0v) is 10.0. The molecular formula is C8H6F5NO5S. The molecule has 2 N–H and O–H groups in total. The molecule has 1 rings (SSSR count). The van der Waals surface area contributed by atoms with E-state index in [9.17, 15) is 35.2 Å². The normalized spacial score (nSPS) is 14.9. The molecule has 0 bridgehead atoms. The topological polar surface area (TPSA) is 96.5 Å². The van der Waals surface area contributed by atoms with Gasteiger partial charge in [0.15, 0.2) is 0 Å². The average Bonchev–Trinajstić information content (AvgIpc) is 2.75. The number of hydrogen-bond acceptors (Lipinski definition) is 4. The number of carbonyl (C=O) groups is 1. The Bertz CT molecular complexity index is 579. The second-order valence-corrected chi connectivity index (χ2v) is 4.96. The largest absolute Gasteiger partial charge is 0.441 e. The first-order valence-electron chi connectivity index (χ1n) is 4.62. The second-order valence-electron chi connectivity index (χ2n) is 3.46. The van der Waals surface area contributed by atoms with E-state index >= 15 is 0 Å². The third-order valence-electron chi connectivity index (χ3n) is 2.00. The van der Waals surface area contributed by atoms with Crippen molar-refractivity contribution in [2.75, 3.05) is 0 Å². The molecule has 1 unspecified atom stereocenters. The van der Waals surface area contributed by atoms with E-state index in [-0.39, 0.29) is 0 Å². The average molecular weight is 323 g/mol. The first-order valence-corrected chi connectivity index (χ1v) is 6.06. The van der Waals surface area contributed by atoms with Gasteiger partial charge in [-0.25, -0.2) is 4.79 Å². The Hall–Kier alpha value is -1.69. The predicted octanol–water partition coefficient (Wildman–Crippen LogP) is 1.58. The second kappa shape index (κ2) is 5.01. The summed E-state index contributed by atoms with van der Waals surface area (Å²) in [5.74, 6) is -1.84. The lowest BCUT2D eigenvalue weighted by molar-refractivity contribution is -0.248. The monoisotopic (exact) mass is 323 g/mol. The Balaban J connectivity index is 3.13. The maximum Gasteiger partial charge on any atom is 0.432 e. The number of carbonyl (C=O) groups excluding carboxylic acids is 1. The van der Waals surface area contributed by atoms with Crippen molar-refractivity contribution < 1.29 is 44.5 Å². The van der Waals surface area contributed by atoms with E-state index in [1.165, 1.54) is 0 Å². The van der Waals surface area contributed by atoms with Crippen LogP contribution < -0.4 is 0 Å². The molecule has 0 saturated heterocycles. The van der Waals surface area contributed by atoms with Gasteiger partial charge in [-0.1, -0.05) is 0 Å². The van der Waals surface area contributed by atoms with E-state index < -0.39 is 39.2 Å². The van der Waals surface area contributed by atoms with Gasteiger partial charge in [0.05, 0.1) is 5.56 Å². The Labute approximate surface area is 108 Å². The number of hydrogen-bond donors (Lipinski definition) is 2. The summed E-state index contributed by atoms with van der Waals surface area (Å²) in [7, 11) is -6.44. The first-order chi connectivity index (χ1) is 8.87. The molecule has 6 nitrogen and oxygen atoms in total. The van der Waals surface area contributed by atoms with Crippen LogP contribution in [0, 0.1) is 0 Å². The lowest BCUT2D eigenvalue weighted by Crippen LogP contribution is -2.52. The molecule has 0 radical (unpaired) electrons. The molecular weight excluding hydrogens is 317 g/mol. The molecule has 0 fully saturated rings. The highest BCUT2D eigenvalue weighted by molar-refractivity contribution is 7.86. The standard InChI is InChI=1S/C8H6F5NO5S/c9-7(10,11)6(8(12,13)20(16,17)18)19-5(15)4-1-2-14-3-4/h1-3,6,14H,(H,16,17,18). The maximum absolute atomic E-state index is 13.1. The lowest BCUT2D eigenvalue weighted by atomic mass is 10.3. The zero-order valence-electron chi connectivity index (χ0n) is 9.19. The number of aromatic nitrogens is 1.